The van der Waals surface area contributed by atoms with Gasteiger partial charge in [0.2, 0.25) is 5.88 Å². The molecule has 0 amide bonds. The first-order valence-electron chi connectivity index (χ1n) is 7.74. The zero-order valence-corrected chi connectivity index (χ0v) is 13.5. The van der Waals surface area contributed by atoms with E-state index in [1.165, 1.54) is 19.7 Å². The number of hydrogen-bond donors (Lipinski definition) is 2. The minimum absolute atomic E-state index is 0.0475. The standard InChI is InChI=1S/C16H23N3O3/c1-15(2)9-5-6-16(15,3)11(7-9)17-8-10-12(20)18-14(22)19(4)13(10)21/h8-9,11,21H,5-7H2,1-4H3,(H,18,20,22)/t9-,11+,16-/m0/s1. The Balaban J connectivity index is 1.96. The van der Waals surface area contributed by atoms with Crippen molar-refractivity contribution >= 4 is 6.21 Å². The number of nitrogens with zero attached hydrogens (tertiary/aromatic N) is 2. The van der Waals surface area contributed by atoms with Crippen LogP contribution in [0.5, 0.6) is 5.88 Å². The Morgan fingerprint density at radius 2 is 2.05 bits per heavy atom. The van der Waals surface area contributed by atoms with E-state index in [1.807, 2.05) is 0 Å². The highest BCUT2D eigenvalue weighted by Crippen LogP contribution is 2.66. The molecule has 3 rings (SSSR count). The molecule has 0 radical (unpaired) electrons. The summed E-state index contributed by atoms with van der Waals surface area (Å²) < 4.78 is 1.01. The van der Waals surface area contributed by atoms with Crippen LogP contribution in [-0.4, -0.2) is 26.9 Å². The van der Waals surface area contributed by atoms with Crippen LogP contribution < -0.4 is 11.2 Å². The van der Waals surface area contributed by atoms with Gasteiger partial charge in [0, 0.05) is 13.3 Å². The van der Waals surface area contributed by atoms with Crippen LogP contribution >= 0.6 is 0 Å². The first kappa shape index (κ1) is 15.1. The van der Waals surface area contributed by atoms with Crippen LogP contribution in [0.1, 0.15) is 45.6 Å². The van der Waals surface area contributed by atoms with Crippen LogP contribution in [0.4, 0.5) is 0 Å². The van der Waals surface area contributed by atoms with E-state index in [1.54, 1.807) is 0 Å². The van der Waals surface area contributed by atoms with Gasteiger partial charge in [-0.25, -0.2) is 4.79 Å². The van der Waals surface area contributed by atoms with Crippen molar-refractivity contribution in [3.8, 4) is 5.88 Å². The molecule has 0 unspecified atom stereocenters. The predicted molar refractivity (Wildman–Crippen MR) is 84.6 cm³/mol. The Morgan fingerprint density at radius 1 is 1.36 bits per heavy atom. The van der Waals surface area contributed by atoms with Gasteiger partial charge in [0.05, 0.1) is 6.04 Å². The molecule has 0 saturated heterocycles. The van der Waals surface area contributed by atoms with E-state index in [0.717, 1.165) is 17.4 Å². The van der Waals surface area contributed by atoms with Crippen molar-refractivity contribution in [3.05, 3.63) is 26.4 Å². The van der Waals surface area contributed by atoms with Gasteiger partial charge < -0.3 is 5.11 Å². The second kappa shape index (κ2) is 4.57. The number of aromatic nitrogens is 2. The maximum absolute atomic E-state index is 11.9. The topological polar surface area (TPSA) is 87.4 Å². The van der Waals surface area contributed by atoms with Gasteiger partial charge in [-0.3, -0.25) is 19.3 Å². The van der Waals surface area contributed by atoms with Crippen LogP contribution in [0.3, 0.4) is 0 Å². The fourth-order valence-electron chi connectivity index (χ4n) is 4.29. The lowest BCUT2D eigenvalue weighted by atomic mass is 9.69. The molecule has 2 aliphatic carbocycles. The van der Waals surface area contributed by atoms with E-state index in [2.05, 4.69) is 30.7 Å². The normalized spacial score (nSPS) is 32.9. The number of aliphatic imine (C=N–C) groups is 1. The second-order valence-electron chi connectivity index (χ2n) is 7.46. The predicted octanol–water partition coefficient (Wildman–Crippen LogP) is 1.41. The van der Waals surface area contributed by atoms with Crippen molar-refractivity contribution in [1.29, 1.82) is 0 Å². The molecule has 2 aliphatic rings. The monoisotopic (exact) mass is 305 g/mol. The molecule has 1 aromatic heterocycles. The summed E-state index contributed by atoms with van der Waals surface area (Å²) in [6, 6.07) is 0.150. The maximum Gasteiger partial charge on any atom is 0.330 e. The minimum Gasteiger partial charge on any atom is -0.494 e. The fraction of sp³-hybridized carbons (Fsp3) is 0.688. The van der Waals surface area contributed by atoms with Gasteiger partial charge in [-0.15, -0.1) is 0 Å². The van der Waals surface area contributed by atoms with E-state index in [4.69, 9.17) is 0 Å². The summed E-state index contributed by atoms with van der Waals surface area (Å²) >= 11 is 0. The molecule has 22 heavy (non-hydrogen) atoms. The van der Waals surface area contributed by atoms with E-state index in [-0.39, 0.29) is 28.3 Å². The Hall–Kier alpha value is -1.85. The highest BCUT2D eigenvalue weighted by Gasteiger charge is 2.61. The van der Waals surface area contributed by atoms with Crippen molar-refractivity contribution in [2.45, 2.75) is 46.1 Å². The van der Waals surface area contributed by atoms with E-state index in [0.29, 0.717) is 5.92 Å². The highest BCUT2D eigenvalue weighted by molar-refractivity contribution is 5.82. The molecule has 3 atom stereocenters. The van der Waals surface area contributed by atoms with Gasteiger partial charge in [0.15, 0.2) is 0 Å². The van der Waals surface area contributed by atoms with E-state index in [9.17, 15) is 14.7 Å². The molecule has 6 heteroatoms. The number of aromatic hydroxyl groups is 1. The molecule has 1 aromatic rings. The minimum atomic E-state index is -0.632. The van der Waals surface area contributed by atoms with Crippen molar-refractivity contribution < 1.29 is 5.11 Å². The number of nitrogens with one attached hydrogen (secondary N) is 1. The van der Waals surface area contributed by atoms with Crippen molar-refractivity contribution in [1.82, 2.24) is 9.55 Å². The lowest BCUT2D eigenvalue weighted by molar-refractivity contribution is 0.137. The lowest BCUT2D eigenvalue weighted by Gasteiger charge is -2.37. The third-order valence-electron chi connectivity index (χ3n) is 6.46. The first-order chi connectivity index (χ1) is 10.2. The molecular weight excluding hydrogens is 282 g/mol. The number of fused-ring (bicyclic) bond motifs is 2. The molecule has 0 aromatic carbocycles. The molecule has 2 bridgehead atoms. The molecular formula is C16H23N3O3. The summed E-state index contributed by atoms with van der Waals surface area (Å²) in [6.45, 7) is 6.88. The van der Waals surface area contributed by atoms with Gasteiger partial charge >= 0.3 is 5.69 Å². The molecule has 2 fully saturated rings. The van der Waals surface area contributed by atoms with Crippen LogP contribution in [0.25, 0.3) is 0 Å². The lowest BCUT2D eigenvalue weighted by Crippen LogP contribution is -2.35. The average molecular weight is 305 g/mol. The summed E-state index contributed by atoms with van der Waals surface area (Å²) in [5.41, 5.74) is -0.819. The molecule has 1 heterocycles. The number of hydrogen-bond acceptors (Lipinski definition) is 4. The summed E-state index contributed by atoms with van der Waals surface area (Å²) in [5, 5.41) is 9.98. The first-order valence-corrected chi connectivity index (χ1v) is 7.74. The van der Waals surface area contributed by atoms with Gasteiger partial charge in [-0.05, 0) is 36.0 Å². The third-order valence-corrected chi connectivity index (χ3v) is 6.46. The highest BCUT2D eigenvalue weighted by atomic mass is 16.3. The quantitative estimate of drug-likeness (QED) is 0.810. The van der Waals surface area contributed by atoms with Gasteiger partial charge in [0.25, 0.3) is 5.56 Å². The third kappa shape index (κ3) is 1.82. The Labute approximate surface area is 128 Å². The molecule has 0 spiro atoms. The Bertz CT molecular complexity index is 759. The second-order valence-corrected chi connectivity index (χ2v) is 7.46. The zero-order valence-electron chi connectivity index (χ0n) is 13.5. The molecule has 120 valence electrons. The Kier molecular flexibility index (Phi) is 3.13. The van der Waals surface area contributed by atoms with Crippen molar-refractivity contribution in [2.75, 3.05) is 0 Å². The van der Waals surface area contributed by atoms with E-state index >= 15 is 0 Å². The largest absolute Gasteiger partial charge is 0.494 e. The van der Waals surface area contributed by atoms with Gasteiger partial charge in [0.1, 0.15) is 5.56 Å². The SMILES string of the molecule is Cn1c(O)c(C=N[C@@H]2C[C@@H]3CC[C@]2(C)C3(C)C)c(=O)[nH]c1=O. The number of H-pyrrole nitrogens is 1. The molecule has 2 N–H and O–H groups in total. The Morgan fingerprint density at radius 3 is 2.59 bits per heavy atom. The summed E-state index contributed by atoms with van der Waals surface area (Å²) in [4.78, 5) is 30.1. The molecule has 6 nitrogen and oxygen atoms in total. The van der Waals surface area contributed by atoms with Crippen LogP contribution in [0.2, 0.25) is 0 Å². The van der Waals surface area contributed by atoms with Crippen molar-refractivity contribution in [2.24, 2.45) is 28.8 Å². The number of aromatic amines is 1. The molecule has 2 saturated carbocycles. The van der Waals surface area contributed by atoms with Crippen LogP contribution in [-0.2, 0) is 7.05 Å². The summed E-state index contributed by atoms with van der Waals surface area (Å²) in [5.74, 6) is 0.316. The van der Waals surface area contributed by atoms with Crippen molar-refractivity contribution in [3.63, 3.8) is 0 Å². The molecule has 0 aliphatic heterocycles. The maximum atomic E-state index is 11.9. The zero-order chi connectivity index (χ0) is 16.3. The summed E-state index contributed by atoms with van der Waals surface area (Å²) in [6.07, 6.45) is 4.83. The fourth-order valence-corrected chi connectivity index (χ4v) is 4.29. The van der Waals surface area contributed by atoms with Crippen LogP contribution in [0.15, 0.2) is 14.6 Å². The average Bonchev–Trinajstić information content (AvgIpc) is 2.78. The van der Waals surface area contributed by atoms with E-state index < -0.39 is 11.2 Å². The number of rotatable bonds is 2. The van der Waals surface area contributed by atoms with Crippen LogP contribution in [0, 0.1) is 16.7 Å². The smallest absolute Gasteiger partial charge is 0.330 e. The summed E-state index contributed by atoms with van der Waals surface area (Å²) in [7, 11) is 1.41. The van der Waals surface area contributed by atoms with Gasteiger partial charge in [-0.2, -0.15) is 0 Å². The van der Waals surface area contributed by atoms with Gasteiger partial charge in [-0.1, -0.05) is 20.8 Å².